The van der Waals surface area contributed by atoms with Crippen LogP contribution in [0.3, 0.4) is 0 Å². The van der Waals surface area contributed by atoms with Crippen molar-refractivity contribution < 1.29 is 4.39 Å². The number of hydrogen-bond acceptors (Lipinski definition) is 1. The summed E-state index contributed by atoms with van der Waals surface area (Å²) in [6.45, 7) is 2.33. The molecule has 12 heavy (non-hydrogen) atoms. The Balaban J connectivity index is 0.00000121. The van der Waals surface area contributed by atoms with Crippen molar-refractivity contribution in [3.63, 3.8) is 0 Å². The summed E-state index contributed by atoms with van der Waals surface area (Å²) in [6, 6.07) is 5.15. The SMILES string of the molecule is CCc1ccc(CN)cc1F.Cl. The van der Waals surface area contributed by atoms with Crippen LogP contribution in [-0.4, -0.2) is 0 Å². The molecule has 0 aliphatic rings. The third kappa shape index (κ3) is 2.47. The summed E-state index contributed by atoms with van der Waals surface area (Å²) in [5.41, 5.74) is 6.94. The minimum atomic E-state index is -0.143. The molecule has 0 aromatic heterocycles. The lowest BCUT2D eigenvalue weighted by molar-refractivity contribution is 0.610. The van der Waals surface area contributed by atoms with Gasteiger partial charge in [-0.05, 0) is 23.6 Å². The second-order valence-corrected chi connectivity index (χ2v) is 2.48. The molecule has 68 valence electrons. The third-order valence-corrected chi connectivity index (χ3v) is 1.73. The van der Waals surface area contributed by atoms with Gasteiger partial charge < -0.3 is 5.73 Å². The quantitative estimate of drug-likeness (QED) is 0.759. The summed E-state index contributed by atoms with van der Waals surface area (Å²) >= 11 is 0. The van der Waals surface area contributed by atoms with Gasteiger partial charge in [-0.25, -0.2) is 4.39 Å². The van der Waals surface area contributed by atoms with Gasteiger partial charge in [0.15, 0.2) is 0 Å². The molecule has 0 fully saturated rings. The minimum absolute atomic E-state index is 0. The van der Waals surface area contributed by atoms with Crippen LogP contribution >= 0.6 is 12.4 Å². The van der Waals surface area contributed by atoms with Crippen LogP contribution in [0.15, 0.2) is 18.2 Å². The predicted octanol–water partition coefficient (Wildman–Crippen LogP) is 2.27. The highest BCUT2D eigenvalue weighted by Gasteiger charge is 1.99. The first-order valence-electron chi connectivity index (χ1n) is 3.75. The van der Waals surface area contributed by atoms with Gasteiger partial charge in [-0.3, -0.25) is 0 Å². The molecule has 0 spiro atoms. The van der Waals surface area contributed by atoms with E-state index >= 15 is 0 Å². The molecule has 1 aromatic carbocycles. The summed E-state index contributed by atoms with van der Waals surface area (Å²) < 4.78 is 13.0. The average Bonchev–Trinajstić information content (AvgIpc) is 2.04. The van der Waals surface area contributed by atoms with Gasteiger partial charge in [0, 0.05) is 6.54 Å². The molecule has 0 unspecified atom stereocenters. The molecule has 0 atom stereocenters. The molecule has 2 N–H and O–H groups in total. The summed E-state index contributed by atoms with van der Waals surface area (Å²) in [5.74, 6) is -0.143. The van der Waals surface area contributed by atoms with Gasteiger partial charge >= 0.3 is 0 Å². The first-order valence-corrected chi connectivity index (χ1v) is 3.75. The van der Waals surface area contributed by atoms with Crippen LogP contribution in [0.25, 0.3) is 0 Å². The van der Waals surface area contributed by atoms with Crippen molar-refractivity contribution in [3.8, 4) is 0 Å². The van der Waals surface area contributed by atoms with Crippen LogP contribution in [0, 0.1) is 5.82 Å². The Morgan fingerprint density at radius 2 is 2.08 bits per heavy atom. The molecule has 0 saturated carbocycles. The Bertz CT molecular complexity index is 250. The van der Waals surface area contributed by atoms with Crippen LogP contribution in [0.1, 0.15) is 18.1 Å². The molecule has 1 rings (SSSR count). The van der Waals surface area contributed by atoms with Gasteiger partial charge in [-0.1, -0.05) is 19.1 Å². The predicted molar refractivity (Wildman–Crippen MR) is 50.9 cm³/mol. The number of nitrogens with two attached hydrogens (primary N) is 1. The van der Waals surface area contributed by atoms with Crippen molar-refractivity contribution in [2.45, 2.75) is 19.9 Å². The first kappa shape index (κ1) is 11.4. The highest BCUT2D eigenvalue weighted by Crippen LogP contribution is 2.10. The lowest BCUT2D eigenvalue weighted by Gasteiger charge is -2.01. The van der Waals surface area contributed by atoms with Crippen LogP contribution in [0.4, 0.5) is 4.39 Å². The fraction of sp³-hybridized carbons (Fsp3) is 0.333. The van der Waals surface area contributed by atoms with Gasteiger partial charge in [0.1, 0.15) is 5.82 Å². The first-order chi connectivity index (χ1) is 5.27. The molecule has 0 aliphatic carbocycles. The highest BCUT2D eigenvalue weighted by atomic mass is 35.5. The molecule has 0 amide bonds. The Morgan fingerprint density at radius 1 is 1.42 bits per heavy atom. The van der Waals surface area contributed by atoms with E-state index in [9.17, 15) is 4.39 Å². The van der Waals surface area contributed by atoms with E-state index in [1.165, 1.54) is 6.07 Å². The van der Waals surface area contributed by atoms with E-state index in [1.807, 2.05) is 13.0 Å². The van der Waals surface area contributed by atoms with E-state index < -0.39 is 0 Å². The Labute approximate surface area is 78.2 Å². The summed E-state index contributed by atoms with van der Waals surface area (Å²) in [7, 11) is 0. The maximum Gasteiger partial charge on any atom is 0.126 e. The largest absolute Gasteiger partial charge is 0.326 e. The second kappa shape index (κ2) is 5.12. The zero-order valence-corrected chi connectivity index (χ0v) is 7.83. The van der Waals surface area contributed by atoms with Crippen LogP contribution in [0.5, 0.6) is 0 Å². The topological polar surface area (TPSA) is 26.0 Å². The number of benzene rings is 1. The van der Waals surface area contributed by atoms with Crippen LogP contribution in [0.2, 0.25) is 0 Å². The molecule has 1 aromatic rings. The lowest BCUT2D eigenvalue weighted by Crippen LogP contribution is -1.98. The van der Waals surface area contributed by atoms with Crippen molar-refractivity contribution in [1.29, 1.82) is 0 Å². The molecule has 0 bridgehead atoms. The Kier molecular flexibility index (Phi) is 4.86. The van der Waals surface area contributed by atoms with E-state index in [4.69, 9.17) is 5.73 Å². The van der Waals surface area contributed by atoms with Gasteiger partial charge in [-0.15, -0.1) is 12.4 Å². The van der Waals surface area contributed by atoms with Gasteiger partial charge in [0.2, 0.25) is 0 Å². The maximum absolute atomic E-state index is 13.0. The number of halogens is 2. The van der Waals surface area contributed by atoms with Crippen molar-refractivity contribution in [2.75, 3.05) is 0 Å². The van der Waals surface area contributed by atoms with E-state index in [0.29, 0.717) is 6.54 Å². The van der Waals surface area contributed by atoms with Gasteiger partial charge in [0.05, 0.1) is 0 Å². The summed E-state index contributed by atoms with van der Waals surface area (Å²) in [5, 5.41) is 0. The molecular weight excluding hydrogens is 177 g/mol. The van der Waals surface area contributed by atoms with E-state index in [2.05, 4.69) is 0 Å². The van der Waals surface area contributed by atoms with Gasteiger partial charge in [0.25, 0.3) is 0 Å². The monoisotopic (exact) mass is 189 g/mol. The molecule has 3 heteroatoms. The molecule has 0 aliphatic heterocycles. The fourth-order valence-corrected chi connectivity index (χ4v) is 1.00. The van der Waals surface area contributed by atoms with Crippen LogP contribution < -0.4 is 5.73 Å². The molecular formula is C9H13ClFN. The maximum atomic E-state index is 13.0. The number of aryl methyl sites for hydroxylation is 1. The second-order valence-electron chi connectivity index (χ2n) is 2.48. The number of hydrogen-bond donors (Lipinski definition) is 1. The van der Waals surface area contributed by atoms with Crippen molar-refractivity contribution in [1.82, 2.24) is 0 Å². The zero-order chi connectivity index (χ0) is 8.27. The summed E-state index contributed by atoms with van der Waals surface area (Å²) in [6.07, 6.45) is 0.733. The van der Waals surface area contributed by atoms with E-state index in [0.717, 1.165) is 17.5 Å². The number of rotatable bonds is 2. The average molecular weight is 190 g/mol. The van der Waals surface area contributed by atoms with Crippen molar-refractivity contribution >= 4 is 12.4 Å². The molecule has 0 radical (unpaired) electrons. The fourth-order valence-electron chi connectivity index (χ4n) is 1.00. The minimum Gasteiger partial charge on any atom is -0.326 e. The highest BCUT2D eigenvalue weighted by molar-refractivity contribution is 5.85. The Morgan fingerprint density at radius 3 is 2.50 bits per heavy atom. The molecule has 0 saturated heterocycles. The van der Waals surface area contributed by atoms with Crippen LogP contribution in [-0.2, 0) is 13.0 Å². The standard InChI is InChI=1S/C9H12FN.ClH/c1-2-8-4-3-7(6-11)5-9(8)10;/h3-5H,2,6,11H2,1H3;1H. The normalized spacial score (nSPS) is 9.25. The lowest BCUT2D eigenvalue weighted by atomic mass is 10.1. The molecule has 1 nitrogen and oxygen atoms in total. The van der Waals surface area contributed by atoms with E-state index in [1.54, 1.807) is 6.07 Å². The van der Waals surface area contributed by atoms with Crippen molar-refractivity contribution in [2.24, 2.45) is 5.73 Å². The Hall–Kier alpha value is -0.600. The van der Waals surface area contributed by atoms with Crippen molar-refractivity contribution in [3.05, 3.63) is 35.1 Å². The molecule has 0 heterocycles. The smallest absolute Gasteiger partial charge is 0.126 e. The van der Waals surface area contributed by atoms with Gasteiger partial charge in [-0.2, -0.15) is 0 Å². The third-order valence-electron chi connectivity index (χ3n) is 1.73. The zero-order valence-electron chi connectivity index (χ0n) is 7.01. The summed E-state index contributed by atoms with van der Waals surface area (Å²) in [4.78, 5) is 0. The van der Waals surface area contributed by atoms with E-state index in [-0.39, 0.29) is 18.2 Å².